The lowest BCUT2D eigenvalue weighted by Gasteiger charge is -2.20. The van der Waals surface area contributed by atoms with Gasteiger partial charge < -0.3 is 9.64 Å². The van der Waals surface area contributed by atoms with E-state index in [1.54, 1.807) is 0 Å². The van der Waals surface area contributed by atoms with Crippen molar-refractivity contribution in [2.24, 2.45) is 0 Å². The van der Waals surface area contributed by atoms with Gasteiger partial charge in [-0.15, -0.1) is 10.2 Å². The zero-order valence-electron chi connectivity index (χ0n) is 16.8. The number of anilines is 1. The Morgan fingerprint density at radius 2 is 1.97 bits per heavy atom. The van der Waals surface area contributed by atoms with E-state index in [4.69, 9.17) is 4.74 Å². The summed E-state index contributed by atoms with van der Waals surface area (Å²) in [5.74, 6) is 1.49. The van der Waals surface area contributed by atoms with Crippen LogP contribution in [0.5, 0.6) is 0 Å². The van der Waals surface area contributed by atoms with Crippen molar-refractivity contribution in [2.45, 2.75) is 62.8 Å². The molecule has 2 saturated heterocycles. The zero-order valence-corrected chi connectivity index (χ0v) is 17.6. The monoisotopic (exact) mass is 412 g/mol. The summed E-state index contributed by atoms with van der Waals surface area (Å²) in [6.07, 6.45) is 8.26. The zero-order chi connectivity index (χ0) is 19.6. The molecule has 29 heavy (non-hydrogen) atoms. The number of ketones is 1. The Labute approximate surface area is 176 Å². The molecule has 6 nitrogen and oxygen atoms in total. The SMILES string of the molecule is O=C(CSc1nnc(N2CCCC2)n1CC1CCCO1)c1ccc2c(c1)CCC2. The largest absolute Gasteiger partial charge is 0.376 e. The standard InChI is InChI=1S/C22H28N4O2S/c27-20(18-9-8-16-5-3-6-17(16)13-18)15-29-22-24-23-21(25-10-1-2-11-25)26(22)14-19-7-4-12-28-19/h8-9,13,19H,1-7,10-12,14-15H2. The van der Waals surface area contributed by atoms with E-state index in [1.807, 2.05) is 6.07 Å². The molecule has 0 amide bonds. The number of carbonyl (C=O) groups is 1. The van der Waals surface area contributed by atoms with E-state index in [2.05, 4.69) is 31.8 Å². The number of hydrogen-bond donors (Lipinski definition) is 0. The first-order valence-corrected chi connectivity index (χ1v) is 11.8. The first kappa shape index (κ1) is 19.1. The minimum absolute atomic E-state index is 0.166. The van der Waals surface area contributed by atoms with Gasteiger partial charge in [-0.05, 0) is 62.1 Å². The molecule has 0 saturated carbocycles. The number of rotatable bonds is 7. The van der Waals surface area contributed by atoms with E-state index in [1.165, 1.54) is 42.2 Å². The summed E-state index contributed by atoms with van der Waals surface area (Å²) in [5, 5.41) is 9.77. The molecule has 3 heterocycles. The number of fused-ring (bicyclic) bond motifs is 1. The van der Waals surface area contributed by atoms with E-state index >= 15 is 0 Å². The predicted molar refractivity (Wildman–Crippen MR) is 114 cm³/mol. The number of ether oxygens (including phenoxy) is 1. The van der Waals surface area contributed by atoms with E-state index in [-0.39, 0.29) is 11.9 Å². The molecule has 2 aromatic rings. The number of aromatic nitrogens is 3. The van der Waals surface area contributed by atoms with Crippen molar-refractivity contribution in [1.82, 2.24) is 14.8 Å². The Hall–Kier alpha value is -1.86. The topological polar surface area (TPSA) is 60.2 Å². The van der Waals surface area contributed by atoms with Crippen LogP contribution in [0.15, 0.2) is 23.4 Å². The van der Waals surface area contributed by atoms with Gasteiger partial charge in [0.1, 0.15) is 0 Å². The van der Waals surface area contributed by atoms with Crippen molar-refractivity contribution in [3.63, 3.8) is 0 Å². The Kier molecular flexibility index (Phi) is 5.59. The van der Waals surface area contributed by atoms with Crippen molar-refractivity contribution in [3.8, 4) is 0 Å². The second-order valence-corrected chi connectivity index (χ2v) is 9.21. The van der Waals surface area contributed by atoms with Gasteiger partial charge in [0.05, 0.1) is 18.4 Å². The summed E-state index contributed by atoms with van der Waals surface area (Å²) in [4.78, 5) is 15.1. The number of carbonyl (C=O) groups excluding carboxylic acids is 1. The van der Waals surface area contributed by atoms with Crippen molar-refractivity contribution in [1.29, 1.82) is 0 Å². The number of hydrogen-bond acceptors (Lipinski definition) is 6. The average molecular weight is 413 g/mol. The second kappa shape index (κ2) is 8.48. The molecule has 154 valence electrons. The van der Waals surface area contributed by atoms with Crippen LogP contribution in [-0.2, 0) is 24.1 Å². The molecule has 0 N–H and O–H groups in total. The second-order valence-electron chi connectivity index (χ2n) is 8.27. The summed E-state index contributed by atoms with van der Waals surface area (Å²) < 4.78 is 8.05. The number of benzene rings is 1. The van der Waals surface area contributed by atoms with Crippen LogP contribution in [0.2, 0.25) is 0 Å². The summed E-state index contributed by atoms with van der Waals surface area (Å²) >= 11 is 1.50. The van der Waals surface area contributed by atoms with Crippen LogP contribution in [0, 0.1) is 0 Å². The van der Waals surface area contributed by atoms with Gasteiger partial charge in [-0.3, -0.25) is 9.36 Å². The van der Waals surface area contributed by atoms with Gasteiger partial charge in [0.25, 0.3) is 0 Å². The van der Waals surface area contributed by atoms with E-state index in [9.17, 15) is 4.79 Å². The fraction of sp³-hybridized carbons (Fsp3) is 0.591. The molecule has 0 bridgehead atoms. The third-order valence-electron chi connectivity index (χ3n) is 6.25. The minimum atomic E-state index is 0.166. The van der Waals surface area contributed by atoms with Gasteiger partial charge >= 0.3 is 0 Å². The minimum Gasteiger partial charge on any atom is -0.376 e. The van der Waals surface area contributed by atoms with E-state index in [0.29, 0.717) is 5.75 Å². The van der Waals surface area contributed by atoms with Crippen LogP contribution in [0.1, 0.15) is 53.6 Å². The smallest absolute Gasteiger partial charge is 0.228 e. The Bertz CT molecular complexity index is 885. The van der Waals surface area contributed by atoms with Crippen molar-refractivity contribution >= 4 is 23.5 Å². The van der Waals surface area contributed by atoms with Crippen molar-refractivity contribution < 1.29 is 9.53 Å². The van der Waals surface area contributed by atoms with E-state index in [0.717, 1.165) is 68.6 Å². The molecule has 1 atom stereocenters. The number of Topliss-reactive ketones (excluding diaryl/α,β-unsaturated/α-hetero) is 1. The van der Waals surface area contributed by atoms with Gasteiger partial charge in [-0.25, -0.2) is 0 Å². The van der Waals surface area contributed by atoms with Gasteiger partial charge in [-0.2, -0.15) is 0 Å². The third-order valence-corrected chi connectivity index (χ3v) is 7.22. The van der Waals surface area contributed by atoms with Crippen LogP contribution >= 0.6 is 11.8 Å². The third kappa shape index (κ3) is 4.08. The number of aryl methyl sites for hydroxylation is 2. The summed E-state index contributed by atoms with van der Waals surface area (Å²) in [6.45, 7) is 3.67. The first-order valence-electron chi connectivity index (χ1n) is 10.9. The van der Waals surface area contributed by atoms with E-state index < -0.39 is 0 Å². The predicted octanol–water partition coefficient (Wildman–Crippen LogP) is 3.52. The van der Waals surface area contributed by atoms with Gasteiger partial charge in [-0.1, -0.05) is 23.9 Å². The molecule has 1 aromatic heterocycles. The molecule has 1 aromatic carbocycles. The van der Waals surface area contributed by atoms with Crippen LogP contribution in [0.4, 0.5) is 5.95 Å². The van der Waals surface area contributed by atoms with Crippen LogP contribution in [0.25, 0.3) is 0 Å². The molecule has 0 radical (unpaired) electrons. The summed E-state index contributed by atoms with van der Waals surface area (Å²) in [7, 11) is 0. The maximum atomic E-state index is 12.8. The Morgan fingerprint density at radius 1 is 1.10 bits per heavy atom. The highest BCUT2D eigenvalue weighted by Gasteiger charge is 2.25. The van der Waals surface area contributed by atoms with Crippen LogP contribution < -0.4 is 4.90 Å². The average Bonchev–Trinajstić information content (AvgIpc) is 3.53. The lowest BCUT2D eigenvalue weighted by Crippen LogP contribution is -2.25. The maximum absolute atomic E-state index is 12.8. The fourth-order valence-electron chi connectivity index (χ4n) is 4.65. The van der Waals surface area contributed by atoms with Crippen LogP contribution in [-0.4, -0.2) is 52.1 Å². The first-order chi connectivity index (χ1) is 14.3. The molecule has 1 unspecified atom stereocenters. The van der Waals surface area contributed by atoms with Crippen molar-refractivity contribution in [2.75, 3.05) is 30.3 Å². The highest BCUT2D eigenvalue weighted by molar-refractivity contribution is 7.99. The number of nitrogens with zero attached hydrogens (tertiary/aromatic N) is 4. The van der Waals surface area contributed by atoms with Crippen LogP contribution in [0.3, 0.4) is 0 Å². The fourth-order valence-corrected chi connectivity index (χ4v) is 5.49. The Morgan fingerprint density at radius 3 is 2.79 bits per heavy atom. The molecular formula is C22H28N4O2S. The quantitative estimate of drug-likeness (QED) is 0.512. The Balaban J connectivity index is 1.31. The number of thioether (sulfide) groups is 1. The molecule has 1 aliphatic carbocycles. The normalized spacial score (nSPS) is 21.1. The summed E-state index contributed by atoms with van der Waals surface area (Å²) in [5.41, 5.74) is 3.57. The molecule has 3 aliphatic rings. The van der Waals surface area contributed by atoms with Gasteiger partial charge in [0.15, 0.2) is 10.9 Å². The molecule has 0 spiro atoms. The molecular weight excluding hydrogens is 384 g/mol. The molecule has 7 heteroatoms. The molecule has 5 rings (SSSR count). The lowest BCUT2D eigenvalue weighted by atomic mass is 10.0. The highest BCUT2D eigenvalue weighted by atomic mass is 32.2. The lowest BCUT2D eigenvalue weighted by molar-refractivity contribution is 0.0952. The van der Waals surface area contributed by atoms with Crippen molar-refractivity contribution in [3.05, 3.63) is 34.9 Å². The highest BCUT2D eigenvalue weighted by Crippen LogP contribution is 2.28. The van der Waals surface area contributed by atoms with Gasteiger partial charge in [0.2, 0.25) is 5.95 Å². The van der Waals surface area contributed by atoms with Gasteiger partial charge in [0, 0.05) is 25.3 Å². The molecule has 2 aliphatic heterocycles. The maximum Gasteiger partial charge on any atom is 0.228 e. The molecule has 2 fully saturated rings. The summed E-state index contributed by atoms with van der Waals surface area (Å²) in [6, 6.07) is 6.21.